The number of nitrogens with zero attached hydrogens (tertiary/aromatic N) is 1. The van der Waals surface area contributed by atoms with Gasteiger partial charge in [0.25, 0.3) is 0 Å². The van der Waals surface area contributed by atoms with E-state index in [1.165, 1.54) is 11.3 Å². The Kier molecular flexibility index (Phi) is 3.39. The highest BCUT2D eigenvalue weighted by molar-refractivity contribution is 6.32. The van der Waals surface area contributed by atoms with E-state index in [-0.39, 0.29) is 5.41 Å². The predicted molar refractivity (Wildman–Crippen MR) is 75.8 cm³/mol. The third kappa shape index (κ3) is 2.78. The number of benzene rings is 1. The Morgan fingerprint density at radius 2 is 1.88 bits per heavy atom. The monoisotopic (exact) mass is 247 g/mol. The molecule has 1 nitrogen and oxygen atoms in total. The van der Waals surface area contributed by atoms with Crippen molar-refractivity contribution in [2.45, 2.75) is 27.2 Å². The molecule has 0 fully saturated rings. The van der Waals surface area contributed by atoms with Crippen molar-refractivity contribution >= 4 is 22.9 Å². The maximum Gasteiger partial charge on any atom is 0.0481 e. The Labute approximate surface area is 108 Å². The van der Waals surface area contributed by atoms with Crippen LogP contribution >= 0.6 is 11.6 Å². The zero-order valence-electron chi connectivity index (χ0n) is 10.6. The Bertz CT molecular complexity index is 478. The van der Waals surface area contributed by atoms with Crippen molar-refractivity contribution in [3.63, 3.8) is 0 Å². The van der Waals surface area contributed by atoms with Crippen LogP contribution in [0.3, 0.4) is 0 Å². The van der Waals surface area contributed by atoms with Crippen LogP contribution in [0, 0.1) is 5.41 Å². The van der Waals surface area contributed by atoms with E-state index in [1.807, 2.05) is 18.2 Å². The number of allylic oxidation sites excluding steroid dienone is 1. The van der Waals surface area contributed by atoms with E-state index in [0.29, 0.717) is 0 Å². The largest absolute Gasteiger partial charge is 0.289 e. The third-order valence-electron chi connectivity index (χ3n) is 2.96. The normalized spacial score (nSPS) is 16.5. The number of aliphatic imine (C=N–C) groups is 1. The van der Waals surface area contributed by atoms with Gasteiger partial charge in [0.05, 0.1) is 0 Å². The lowest BCUT2D eigenvalue weighted by atomic mass is 9.86. The number of hydrogen-bond acceptors (Lipinski definition) is 1. The van der Waals surface area contributed by atoms with E-state index in [2.05, 4.69) is 37.9 Å². The quantitative estimate of drug-likeness (QED) is 0.687. The van der Waals surface area contributed by atoms with E-state index in [4.69, 9.17) is 11.6 Å². The lowest BCUT2D eigenvalue weighted by Gasteiger charge is -2.23. The van der Waals surface area contributed by atoms with E-state index >= 15 is 0 Å². The molecule has 0 bridgehead atoms. The summed E-state index contributed by atoms with van der Waals surface area (Å²) in [6, 6.07) is 8.03. The van der Waals surface area contributed by atoms with Gasteiger partial charge in [-0.25, -0.2) is 0 Å². The minimum absolute atomic E-state index is 0.104. The Morgan fingerprint density at radius 1 is 1.18 bits per heavy atom. The first-order chi connectivity index (χ1) is 7.98. The van der Waals surface area contributed by atoms with Crippen LogP contribution < -0.4 is 0 Å². The van der Waals surface area contributed by atoms with Gasteiger partial charge < -0.3 is 0 Å². The summed E-state index contributed by atoms with van der Waals surface area (Å²) in [5, 5.41) is 0.828. The fraction of sp³-hybridized carbons (Fsp3) is 0.400. The third-order valence-corrected chi connectivity index (χ3v) is 3.29. The van der Waals surface area contributed by atoms with Gasteiger partial charge in [-0.15, -0.1) is 0 Å². The second kappa shape index (κ2) is 4.66. The molecule has 0 N–H and O–H groups in total. The summed E-state index contributed by atoms with van der Waals surface area (Å²) >= 11 is 6.24. The average Bonchev–Trinajstić information content (AvgIpc) is 2.29. The highest BCUT2D eigenvalue weighted by Crippen LogP contribution is 2.30. The molecule has 1 aromatic rings. The summed E-state index contributed by atoms with van der Waals surface area (Å²) in [4.78, 5) is 4.60. The first-order valence-electron chi connectivity index (χ1n) is 5.99. The molecule has 0 amide bonds. The number of hydrogen-bond donors (Lipinski definition) is 0. The molecule has 0 radical (unpaired) electrons. The second-order valence-corrected chi connectivity index (χ2v) is 5.82. The van der Waals surface area contributed by atoms with Crippen molar-refractivity contribution in [1.82, 2.24) is 0 Å². The van der Waals surface area contributed by atoms with Gasteiger partial charge in [-0.1, -0.05) is 50.6 Å². The van der Waals surface area contributed by atoms with Gasteiger partial charge in [-0.2, -0.15) is 0 Å². The molecular formula is C15H18ClN. The molecule has 90 valence electrons. The van der Waals surface area contributed by atoms with Gasteiger partial charge in [0.15, 0.2) is 0 Å². The number of dihydropyridines is 1. The number of halogens is 1. The summed E-state index contributed by atoms with van der Waals surface area (Å²) in [6.45, 7) is 7.44. The van der Waals surface area contributed by atoms with E-state index in [0.717, 1.165) is 23.6 Å². The van der Waals surface area contributed by atoms with Crippen LogP contribution in [0.1, 0.15) is 32.8 Å². The zero-order chi connectivity index (χ0) is 12.5. The maximum atomic E-state index is 6.24. The van der Waals surface area contributed by atoms with Gasteiger partial charge in [-0.05, 0) is 29.7 Å². The van der Waals surface area contributed by atoms with Crippen LogP contribution in [0.5, 0.6) is 0 Å². The van der Waals surface area contributed by atoms with E-state index in [9.17, 15) is 0 Å². The number of rotatable bonds is 1. The van der Waals surface area contributed by atoms with Gasteiger partial charge in [0.2, 0.25) is 0 Å². The first-order valence-corrected chi connectivity index (χ1v) is 6.37. The molecule has 1 aliphatic rings. The fourth-order valence-corrected chi connectivity index (χ4v) is 2.22. The topological polar surface area (TPSA) is 12.4 Å². The summed E-state index contributed by atoms with van der Waals surface area (Å²) in [5.74, 6) is 0. The zero-order valence-corrected chi connectivity index (χ0v) is 11.4. The van der Waals surface area contributed by atoms with Crippen LogP contribution in [0.4, 0.5) is 0 Å². The van der Waals surface area contributed by atoms with Crippen LogP contribution in [-0.4, -0.2) is 12.3 Å². The summed E-state index contributed by atoms with van der Waals surface area (Å²) in [5.41, 5.74) is 3.72. The van der Waals surface area contributed by atoms with E-state index < -0.39 is 0 Å². The molecule has 0 atom stereocenters. The SMILES string of the molecule is CC(C)(C)C1=NCCC(c2ccccc2Cl)=C1. The molecular weight excluding hydrogens is 230 g/mol. The molecule has 0 saturated heterocycles. The van der Waals surface area contributed by atoms with Gasteiger partial charge in [-0.3, -0.25) is 4.99 Å². The predicted octanol–water partition coefficient (Wildman–Crippen LogP) is 4.61. The lowest BCUT2D eigenvalue weighted by Crippen LogP contribution is -2.21. The van der Waals surface area contributed by atoms with Crippen molar-refractivity contribution in [1.29, 1.82) is 0 Å². The minimum Gasteiger partial charge on any atom is -0.289 e. The van der Waals surface area contributed by atoms with Crippen LogP contribution in [0.2, 0.25) is 5.02 Å². The molecule has 0 unspecified atom stereocenters. The summed E-state index contributed by atoms with van der Waals surface area (Å²) in [7, 11) is 0. The Morgan fingerprint density at radius 3 is 2.53 bits per heavy atom. The highest BCUT2D eigenvalue weighted by atomic mass is 35.5. The smallest absolute Gasteiger partial charge is 0.0481 e. The Balaban J connectivity index is 2.39. The van der Waals surface area contributed by atoms with E-state index in [1.54, 1.807) is 0 Å². The van der Waals surface area contributed by atoms with Crippen LogP contribution in [-0.2, 0) is 0 Å². The summed E-state index contributed by atoms with van der Waals surface area (Å²) < 4.78 is 0. The first kappa shape index (κ1) is 12.4. The lowest BCUT2D eigenvalue weighted by molar-refractivity contribution is 0.589. The molecule has 0 saturated carbocycles. The van der Waals surface area contributed by atoms with Crippen molar-refractivity contribution in [2.75, 3.05) is 6.54 Å². The van der Waals surface area contributed by atoms with Crippen molar-refractivity contribution in [3.8, 4) is 0 Å². The molecule has 0 aliphatic carbocycles. The summed E-state index contributed by atoms with van der Waals surface area (Å²) in [6.07, 6.45) is 3.17. The molecule has 17 heavy (non-hydrogen) atoms. The Hall–Kier alpha value is -1.08. The van der Waals surface area contributed by atoms with Crippen molar-refractivity contribution in [3.05, 3.63) is 40.9 Å². The van der Waals surface area contributed by atoms with Crippen LogP contribution in [0.15, 0.2) is 35.3 Å². The fourth-order valence-electron chi connectivity index (χ4n) is 1.97. The standard InChI is InChI=1S/C15H18ClN/c1-15(2,3)14-10-11(8-9-17-14)12-6-4-5-7-13(12)16/h4-7,10H,8-9H2,1-3H3. The molecule has 1 aliphatic heterocycles. The highest BCUT2D eigenvalue weighted by Gasteiger charge is 2.20. The second-order valence-electron chi connectivity index (χ2n) is 5.42. The molecule has 0 spiro atoms. The average molecular weight is 248 g/mol. The molecule has 2 heteroatoms. The molecule has 2 rings (SSSR count). The minimum atomic E-state index is 0.104. The molecule has 1 heterocycles. The van der Waals surface area contributed by atoms with Gasteiger partial charge in [0.1, 0.15) is 0 Å². The molecule has 1 aromatic carbocycles. The van der Waals surface area contributed by atoms with Gasteiger partial charge >= 0.3 is 0 Å². The van der Waals surface area contributed by atoms with Gasteiger partial charge in [0, 0.05) is 22.7 Å². The molecule has 0 aromatic heterocycles. The maximum absolute atomic E-state index is 6.24. The van der Waals surface area contributed by atoms with Crippen molar-refractivity contribution < 1.29 is 0 Å². The van der Waals surface area contributed by atoms with Crippen molar-refractivity contribution in [2.24, 2.45) is 10.4 Å². The van der Waals surface area contributed by atoms with Crippen LogP contribution in [0.25, 0.3) is 5.57 Å².